The lowest BCUT2D eigenvalue weighted by atomic mass is 10.0. The number of carbonyl (C=O) groups is 1. The summed E-state index contributed by atoms with van der Waals surface area (Å²) in [4.78, 5) is 17.0. The van der Waals surface area contributed by atoms with E-state index in [2.05, 4.69) is 29.3 Å². The first-order valence-corrected chi connectivity index (χ1v) is 8.75. The molecular formula is C17H26N4O2. The number of nitrogens with zero attached hydrogens (tertiary/aromatic N) is 3. The van der Waals surface area contributed by atoms with Crippen molar-refractivity contribution < 1.29 is 9.53 Å². The third-order valence-corrected chi connectivity index (χ3v) is 5.77. The lowest BCUT2D eigenvalue weighted by molar-refractivity contribution is -0.137. The minimum Gasteiger partial charge on any atom is -0.376 e. The maximum atomic E-state index is 13.0. The average Bonchev–Trinajstić information content (AvgIpc) is 3.13. The van der Waals surface area contributed by atoms with Crippen LogP contribution in [-0.4, -0.2) is 47.0 Å². The largest absolute Gasteiger partial charge is 0.376 e. The van der Waals surface area contributed by atoms with Crippen molar-refractivity contribution >= 4 is 11.7 Å². The molecule has 0 aromatic rings. The summed E-state index contributed by atoms with van der Waals surface area (Å²) in [5.74, 6) is 1.12. The highest BCUT2D eigenvalue weighted by Gasteiger charge is 2.53. The first-order chi connectivity index (χ1) is 11.0. The van der Waals surface area contributed by atoms with Crippen LogP contribution in [0.15, 0.2) is 16.5 Å². The van der Waals surface area contributed by atoms with Gasteiger partial charge in [0, 0.05) is 23.4 Å². The van der Waals surface area contributed by atoms with Crippen LogP contribution in [0.1, 0.15) is 52.9 Å². The van der Waals surface area contributed by atoms with Gasteiger partial charge in [0.1, 0.15) is 5.84 Å². The summed E-state index contributed by atoms with van der Waals surface area (Å²) in [5, 5.41) is 4.51. The van der Waals surface area contributed by atoms with E-state index in [1.807, 2.05) is 11.8 Å². The molecule has 1 aliphatic carbocycles. The van der Waals surface area contributed by atoms with Crippen molar-refractivity contribution in [3.8, 4) is 0 Å². The van der Waals surface area contributed by atoms with Crippen LogP contribution in [0, 0.1) is 5.41 Å². The SMILES string of the molecule is CC1=C(C)N2C(C3(C)CC3)=NNC2C(=O)N1CC1CCCCO1. The number of hydrogen-bond acceptors (Lipinski definition) is 5. The predicted molar refractivity (Wildman–Crippen MR) is 87.2 cm³/mol. The average molecular weight is 318 g/mol. The second kappa shape index (κ2) is 5.23. The summed E-state index contributed by atoms with van der Waals surface area (Å²) in [5.41, 5.74) is 5.36. The fraction of sp³-hybridized carbons (Fsp3) is 0.765. The Morgan fingerprint density at radius 1 is 1.30 bits per heavy atom. The van der Waals surface area contributed by atoms with Crippen LogP contribution < -0.4 is 5.43 Å². The van der Waals surface area contributed by atoms with E-state index in [1.54, 1.807) is 0 Å². The molecular weight excluding hydrogens is 292 g/mol. The first kappa shape index (κ1) is 15.0. The molecule has 1 saturated heterocycles. The maximum Gasteiger partial charge on any atom is 0.272 e. The van der Waals surface area contributed by atoms with Crippen LogP contribution in [0.4, 0.5) is 0 Å². The van der Waals surface area contributed by atoms with Crippen molar-refractivity contribution in [2.24, 2.45) is 10.5 Å². The molecule has 0 aromatic carbocycles. The molecule has 0 bridgehead atoms. The number of ether oxygens (including phenoxy) is 1. The number of fused-ring (bicyclic) bond motifs is 1. The Labute approximate surface area is 137 Å². The van der Waals surface area contributed by atoms with Gasteiger partial charge in [-0.2, -0.15) is 5.10 Å². The number of allylic oxidation sites excluding steroid dienone is 2. The summed E-state index contributed by atoms with van der Waals surface area (Å²) < 4.78 is 5.83. The van der Waals surface area contributed by atoms with E-state index >= 15 is 0 Å². The molecule has 23 heavy (non-hydrogen) atoms. The molecule has 6 heteroatoms. The molecule has 3 heterocycles. The van der Waals surface area contributed by atoms with Crippen molar-refractivity contribution in [3.63, 3.8) is 0 Å². The Morgan fingerprint density at radius 2 is 2.09 bits per heavy atom. The van der Waals surface area contributed by atoms with Crippen molar-refractivity contribution in [3.05, 3.63) is 11.4 Å². The van der Waals surface area contributed by atoms with Crippen LogP contribution in [0.3, 0.4) is 0 Å². The standard InChI is InChI=1S/C17H26N4O2/c1-11-12(2)21-14(18-19-16(21)17(3)7-8-17)15(22)20(11)10-13-6-4-5-9-23-13/h13-14,18H,4-10H2,1-3H3. The molecule has 4 rings (SSSR count). The Morgan fingerprint density at radius 3 is 2.74 bits per heavy atom. The van der Waals surface area contributed by atoms with Gasteiger partial charge in [0.2, 0.25) is 6.17 Å². The Kier molecular flexibility index (Phi) is 3.41. The molecule has 6 nitrogen and oxygen atoms in total. The van der Waals surface area contributed by atoms with E-state index in [4.69, 9.17) is 4.74 Å². The van der Waals surface area contributed by atoms with Gasteiger partial charge in [0.15, 0.2) is 0 Å². The lowest BCUT2D eigenvalue weighted by Gasteiger charge is -2.41. The fourth-order valence-electron chi connectivity index (χ4n) is 3.78. The molecule has 3 aliphatic heterocycles. The Hall–Kier alpha value is -1.56. The van der Waals surface area contributed by atoms with E-state index in [0.29, 0.717) is 6.54 Å². The Bertz CT molecular complexity index is 587. The van der Waals surface area contributed by atoms with Crippen LogP contribution in [0.5, 0.6) is 0 Å². The topological polar surface area (TPSA) is 57.2 Å². The van der Waals surface area contributed by atoms with Crippen LogP contribution >= 0.6 is 0 Å². The summed E-state index contributed by atoms with van der Waals surface area (Å²) in [6.45, 7) is 7.83. The molecule has 2 unspecified atom stereocenters. The zero-order chi connectivity index (χ0) is 16.2. The summed E-state index contributed by atoms with van der Waals surface area (Å²) >= 11 is 0. The van der Waals surface area contributed by atoms with Gasteiger partial charge in [-0.05, 0) is 46.0 Å². The van der Waals surface area contributed by atoms with E-state index in [0.717, 1.165) is 49.5 Å². The third-order valence-electron chi connectivity index (χ3n) is 5.77. The van der Waals surface area contributed by atoms with Gasteiger partial charge < -0.3 is 9.64 Å². The highest BCUT2D eigenvalue weighted by molar-refractivity contribution is 5.99. The first-order valence-electron chi connectivity index (χ1n) is 8.75. The van der Waals surface area contributed by atoms with Gasteiger partial charge in [-0.25, -0.2) is 0 Å². The molecule has 1 N–H and O–H groups in total. The quantitative estimate of drug-likeness (QED) is 0.865. The summed E-state index contributed by atoms with van der Waals surface area (Å²) in [6.07, 6.45) is 5.44. The normalized spacial score (nSPS) is 32.7. The monoisotopic (exact) mass is 318 g/mol. The highest BCUT2D eigenvalue weighted by atomic mass is 16.5. The van der Waals surface area contributed by atoms with E-state index < -0.39 is 0 Å². The number of rotatable bonds is 3. The van der Waals surface area contributed by atoms with Crippen LogP contribution in [0.25, 0.3) is 0 Å². The van der Waals surface area contributed by atoms with Gasteiger partial charge in [0.25, 0.3) is 5.91 Å². The fourth-order valence-corrected chi connectivity index (χ4v) is 3.78. The zero-order valence-electron chi connectivity index (χ0n) is 14.3. The summed E-state index contributed by atoms with van der Waals surface area (Å²) in [7, 11) is 0. The van der Waals surface area contributed by atoms with Crippen molar-refractivity contribution in [1.82, 2.24) is 15.2 Å². The van der Waals surface area contributed by atoms with Crippen molar-refractivity contribution in [1.29, 1.82) is 0 Å². The van der Waals surface area contributed by atoms with Crippen LogP contribution in [-0.2, 0) is 9.53 Å². The molecule has 0 radical (unpaired) electrons. The minimum atomic E-state index is -0.380. The lowest BCUT2D eigenvalue weighted by Crippen LogP contribution is -2.57. The number of amides is 1. The molecule has 4 aliphatic rings. The van der Waals surface area contributed by atoms with Gasteiger partial charge >= 0.3 is 0 Å². The minimum absolute atomic E-state index is 0.0882. The number of carbonyl (C=O) groups excluding carboxylic acids is 1. The molecule has 0 aromatic heterocycles. The predicted octanol–water partition coefficient (Wildman–Crippen LogP) is 1.99. The molecule has 126 valence electrons. The van der Waals surface area contributed by atoms with Crippen molar-refractivity contribution in [2.75, 3.05) is 13.2 Å². The smallest absolute Gasteiger partial charge is 0.272 e. The molecule has 2 fully saturated rings. The van der Waals surface area contributed by atoms with Gasteiger partial charge in [-0.3, -0.25) is 15.1 Å². The molecule has 2 atom stereocenters. The molecule has 1 amide bonds. The molecule has 1 saturated carbocycles. The van der Waals surface area contributed by atoms with Gasteiger partial charge in [-0.15, -0.1) is 0 Å². The zero-order valence-corrected chi connectivity index (χ0v) is 14.3. The second-order valence-corrected chi connectivity index (χ2v) is 7.51. The summed E-state index contributed by atoms with van der Waals surface area (Å²) in [6, 6.07) is 0. The third kappa shape index (κ3) is 2.35. The number of hydrazone groups is 1. The number of amidine groups is 1. The van der Waals surface area contributed by atoms with Gasteiger partial charge in [0.05, 0.1) is 12.6 Å². The highest BCUT2D eigenvalue weighted by Crippen LogP contribution is 2.49. The molecule has 0 spiro atoms. The maximum absolute atomic E-state index is 13.0. The van der Waals surface area contributed by atoms with Gasteiger partial charge in [-0.1, -0.05) is 6.92 Å². The Balaban J connectivity index is 1.58. The van der Waals surface area contributed by atoms with E-state index in [1.165, 1.54) is 6.42 Å². The number of nitrogens with one attached hydrogen (secondary N) is 1. The van der Waals surface area contributed by atoms with Crippen LogP contribution in [0.2, 0.25) is 0 Å². The van der Waals surface area contributed by atoms with E-state index in [-0.39, 0.29) is 23.6 Å². The number of hydrogen-bond donors (Lipinski definition) is 1. The van der Waals surface area contributed by atoms with E-state index in [9.17, 15) is 4.79 Å². The van der Waals surface area contributed by atoms with Crippen molar-refractivity contribution in [2.45, 2.75) is 65.1 Å². The second-order valence-electron chi connectivity index (χ2n) is 7.51.